The van der Waals surface area contributed by atoms with Crippen molar-refractivity contribution in [3.8, 4) is 11.4 Å². The summed E-state index contributed by atoms with van der Waals surface area (Å²) in [5.41, 5.74) is 1.35. The molecule has 0 unspecified atom stereocenters. The summed E-state index contributed by atoms with van der Waals surface area (Å²) >= 11 is 1.23. The highest BCUT2D eigenvalue weighted by atomic mass is 32.2. The van der Waals surface area contributed by atoms with Crippen molar-refractivity contribution in [3.05, 3.63) is 54.1 Å². The fourth-order valence-corrected chi connectivity index (χ4v) is 8.61. The summed E-state index contributed by atoms with van der Waals surface area (Å²) in [6.07, 6.45) is 2.86. The van der Waals surface area contributed by atoms with Gasteiger partial charge in [0.05, 0.1) is 35.1 Å². The van der Waals surface area contributed by atoms with Crippen LogP contribution in [-0.2, 0) is 30.8 Å². The number of carbonyl (C=O) groups is 2. The van der Waals surface area contributed by atoms with Gasteiger partial charge in [0, 0.05) is 25.2 Å². The Balaban J connectivity index is 1.29. The molecular weight excluding hydrogens is 651 g/mol. The number of hydrogen-bond acceptors (Lipinski definition) is 9. The number of nitrogens with one attached hydrogen (secondary N) is 1. The molecule has 1 saturated heterocycles. The number of aromatic nitrogens is 3. The first kappa shape index (κ1) is 36.0. The summed E-state index contributed by atoms with van der Waals surface area (Å²) in [5, 5.41) is 12.2. The molecule has 0 spiro atoms. The number of nitrogens with zero attached hydrogens (tertiary/aromatic N) is 4. The van der Waals surface area contributed by atoms with E-state index in [9.17, 15) is 18.0 Å². The Morgan fingerprint density at radius 3 is 2.52 bits per heavy atom. The summed E-state index contributed by atoms with van der Waals surface area (Å²) in [6, 6.07) is 13.7. The Bertz CT molecular complexity index is 1690. The average molecular weight is 698 g/mol. The van der Waals surface area contributed by atoms with Gasteiger partial charge in [-0.1, -0.05) is 77.1 Å². The maximum absolute atomic E-state index is 13.4. The van der Waals surface area contributed by atoms with Crippen LogP contribution >= 0.6 is 11.8 Å². The van der Waals surface area contributed by atoms with Crippen LogP contribution in [-0.4, -0.2) is 77.5 Å². The minimum atomic E-state index is -3.70. The second-order valence-corrected chi connectivity index (χ2v) is 16.4. The van der Waals surface area contributed by atoms with Crippen molar-refractivity contribution in [1.82, 2.24) is 19.1 Å². The van der Waals surface area contributed by atoms with Gasteiger partial charge >= 0.3 is 5.97 Å². The van der Waals surface area contributed by atoms with E-state index in [2.05, 4.69) is 50.1 Å². The molecule has 1 saturated carbocycles. The summed E-state index contributed by atoms with van der Waals surface area (Å²) in [4.78, 5) is 26.8. The van der Waals surface area contributed by atoms with Gasteiger partial charge in [0.2, 0.25) is 15.9 Å². The molecule has 13 heteroatoms. The van der Waals surface area contributed by atoms with Crippen LogP contribution in [0.25, 0.3) is 11.4 Å². The molecule has 2 aromatic carbocycles. The van der Waals surface area contributed by atoms with Crippen molar-refractivity contribution >= 4 is 39.3 Å². The van der Waals surface area contributed by atoms with E-state index in [1.54, 1.807) is 42.5 Å². The van der Waals surface area contributed by atoms with Gasteiger partial charge in [0.1, 0.15) is 6.10 Å². The molecule has 11 nitrogen and oxygen atoms in total. The van der Waals surface area contributed by atoms with E-state index in [4.69, 9.17) is 9.47 Å². The van der Waals surface area contributed by atoms with Gasteiger partial charge < -0.3 is 19.4 Å². The van der Waals surface area contributed by atoms with Crippen molar-refractivity contribution < 1.29 is 27.5 Å². The highest BCUT2D eigenvalue weighted by Crippen LogP contribution is 2.36. The summed E-state index contributed by atoms with van der Waals surface area (Å²) < 4.78 is 41.4. The number of hydrogen-bond donors (Lipinski definition) is 1. The fourth-order valence-electron chi connectivity index (χ4n) is 6.41. The Labute approximate surface area is 288 Å². The zero-order valence-electron chi connectivity index (χ0n) is 28.4. The lowest BCUT2D eigenvalue weighted by Gasteiger charge is -2.36. The van der Waals surface area contributed by atoms with E-state index in [0.717, 1.165) is 19.3 Å². The second-order valence-electron chi connectivity index (χ2n) is 13.5. The molecule has 1 N–H and O–H groups in total. The Kier molecular flexibility index (Phi) is 12.0. The van der Waals surface area contributed by atoms with Crippen molar-refractivity contribution in [2.24, 2.45) is 23.7 Å². The van der Waals surface area contributed by atoms with Crippen molar-refractivity contribution in [2.75, 3.05) is 37.4 Å². The molecule has 5 rings (SSSR count). The van der Waals surface area contributed by atoms with E-state index in [-0.39, 0.29) is 28.6 Å². The lowest BCUT2D eigenvalue weighted by atomic mass is 9.75. The van der Waals surface area contributed by atoms with Crippen LogP contribution < -0.4 is 5.32 Å². The SMILES string of the molecule is CC(C)Cn1c(SCC(=O)Nc2ccccc2C(=O)O[C@@H]2C[C@@H](C)CC[C@@H]2C(C)C)nnc1-c1cccc(S(=O)(=O)N2CCOCC2)c1. The van der Waals surface area contributed by atoms with E-state index in [1.165, 1.54) is 16.1 Å². The lowest BCUT2D eigenvalue weighted by Crippen LogP contribution is -2.40. The van der Waals surface area contributed by atoms with Crippen molar-refractivity contribution in [1.29, 1.82) is 0 Å². The van der Waals surface area contributed by atoms with Crippen LogP contribution in [0.2, 0.25) is 0 Å². The minimum absolute atomic E-state index is 0.0284. The molecule has 1 aliphatic heterocycles. The molecule has 2 fully saturated rings. The zero-order valence-corrected chi connectivity index (χ0v) is 30.1. The zero-order chi connectivity index (χ0) is 34.4. The van der Waals surface area contributed by atoms with E-state index < -0.39 is 16.0 Å². The molecule has 48 heavy (non-hydrogen) atoms. The molecule has 1 amide bonds. The molecule has 0 bridgehead atoms. The molecule has 2 heterocycles. The van der Waals surface area contributed by atoms with Crippen LogP contribution in [0.15, 0.2) is 58.6 Å². The molecule has 0 radical (unpaired) electrons. The normalized spacial score (nSPS) is 20.6. The van der Waals surface area contributed by atoms with E-state index in [0.29, 0.717) is 78.4 Å². The molecule has 1 aliphatic carbocycles. The first-order chi connectivity index (χ1) is 22.9. The predicted molar refractivity (Wildman–Crippen MR) is 186 cm³/mol. The van der Waals surface area contributed by atoms with E-state index >= 15 is 0 Å². The second kappa shape index (κ2) is 16.0. The van der Waals surface area contributed by atoms with Crippen LogP contribution in [0.3, 0.4) is 0 Å². The smallest absolute Gasteiger partial charge is 0.340 e. The minimum Gasteiger partial charge on any atom is -0.458 e. The lowest BCUT2D eigenvalue weighted by molar-refractivity contribution is -0.113. The largest absolute Gasteiger partial charge is 0.458 e. The van der Waals surface area contributed by atoms with Crippen LogP contribution in [0.5, 0.6) is 0 Å². The van der Waals surface area contributed by atoms with Gasteiger partial charge in [0.25, 0.3) is 0 Å². The van der Waals surface area contributed by atoms with Gasteiger partial charge in [-0.3, -0.25) is 4.79 Å². The van der Waals surface area contributed by atoms with Crippen LogP contribution in [0.1, 0.15) is 64.2 Å². The fraction of sp³-hybridized carbons (Fsp3) is 0.543. The van der Waals surface area contributed by atoms with Crippen LogP contribution in [0, 0.1) is 23.7 Å². The molecule has 3 aromatic rings. The summed E-state index contributed by atoms with van der Waals surface area (Å²) in [5.74, 6) is 1.27. The standard InChI is InChI=1S/C35H47N5O6S2/c1-23(2)21-40-33(26-9-8-10-27(20-26)48(43,44)39-15-17-45-18-16-39)37-38-35(40)47-22-32(41)36-30-12-7-6-11-29(30)34(42)46-31-19-25(5)13-14-28(31)24(3)4/h6-12,20,23-25,28,31H,13-19,21-22H2,1-5H3,(H,36,41)/t25-,28+,31+/m0/s1. The van der Waals surface area contributed by atoms with Crippen molar-refractivity contribution in [2.45, 2.75) is 76.6 Å². The number of benzene rings is 2. The number of thioether (sulfide) groups is 1. The monoisotopic (exact) mass is 697 g/mol. The number of para-hydroxylation sites is 1. The topological polar surface area (TPSA) is 133 Å². The first-order valence-electron chi connectivity index (χ1n) is 16.8. The van der Waals surface area contributed by atoms with Crippen molar-refractivity contribution in [3.63, 3.8) is 0 Å². The Morgan fingerprint density at radius 1 is 1.04 bits per heavy atom. The molecule has 260 valence electrons. The molecule has 2 aliphatic rings. The number of morpholine rings is 1. The molecule has 1 aromatic heterocycles. The summed E-state index contributed by atoms with van der Waals surface area (Å²) in [7, 11) is -3.70. The maximum atomic E-state index is 13.4. The summed E-state index contributed by atoms with van der Waals surface area (Å²) in [6.45, 7) is 12.6. The van der Waals surface area contributed by atoms with Gasteiger partial charge in [-0.15, -0.1) is 10.2 Å². The molecular formula is C35H47N5O6S2. The van der Waals surface area contributed by atoms with E-state index in [1.807, 2.05) is 10.6 Å². The Morgan fingerprint density at radius 2 is 1.79 bits per heavy atom. The third-order valence-corrected chi connectivity index (χ3v) is 11.8. The van der Waals surface area contributed by atoms with Gasteiger partial charge in [-0.05, 0) is 60.8 Å². The number of ether oxygens (including phenoxy) is 2. The van der Waals surface area contributed by atoms with Gasteiger partial charge in [-0.2, -0.15) is 4.31 Å². The number of esters is 1. The third-order valence-electron chi connectivity index (χ3n) is 8.94. The first-order valence-corrected chi connectivity index (χ1v) is 19.2. The van der Waals surface area contributed by atoms with Crippen LogP contribution in [0.4, 0.5) is 5.69 Å². The predicted octanol–water partition coefficient (Wildman–Crippen LogP) is 5.97. The van der Waals surface area contributed by atoms with Gasteiger partial charge in [-0.25, -0.2) is 13.2 Å². The number of carbonyl (C=O) groups excluding carboxylic acids is 2. The number of amides is 1. The highest BCUT2D eigenvalue weighted by molar-refractivity contribution is 7.99. The average Bonchev–Trinajstić information content (AvgIpc) is 3.45. The highest BCUT2D eigenvalue weighted by Gasteiger charge is 2.34. The Hall–Kier alpha value is -3.26. The quantitative estimate of drug-likeness (QED) is 0.180. The molecule has 3 atom stereocenters. The number of sulfonamides is 1. The maximum Gasteiger partial charge on any atom is 0.340 e. The van der Waals surface area contributed by atoms with Gasteiger partial charge in [0.15, 0.2) is 11.0 Å². The third kappa shape index (κ3) is 8.66. The number of anilines is 1. The number of rotatable bonds is 12.